The molecule has 0 heterocycles. The summed E-state index contributed by atoms with van der Waals surface area (Å²) in [5, 5.41) is 2.45. The molecule has 90 valence electrons. The van der Waals surface area contributed by atoms with Crippen molar-refractivity contribution >= 4 is 5.97 Å². The first-order valence-electron chi connectivity index (χ1n) is 4.70. The summed E-state index contributed by atoms with van der Waals surface area (Å²) < 4.78 is 40.4. The Morgan fingerprint density at radius 1 is 1.33 bits per heavy atom. The van der Waals surface area contributed by atoms with Gasteiger partial charge in [0.05, 0.1) is 19.1 Å². The highest BCUT2D eigenvalue weighted by Gasteiger charge is 2.29. The topological polar surface area (TPSA) is 38.3 Å². The molecule has 0 aliphatic rings. The molecular weight excluding hydrogens is 211 g/mol. The minimum atomic E-state index is -4.21. The zero-order chi connectivity index (χ0) is 12.1. The molecule has 0 fully saturated rings. The summed E-state index contributed by atoms with van der Waals surface area (Å²) in [6.07, 6.45) is -5.42. The molecule has 0 aromatic rings. The van der Waals surface area contributed by atoms with Gasteiger partial charge in [0.25, 0.3) is 0 Å². The second kappa shape index (κ2) is 5.95. The van der Waals surface area contributed by atoms with Crippen LogP contribution in [0.15, 0.2) is 0 Å². The van der Waals surface area contributed by atoms with Crippen LogP contribution >= 0.6 is 0 Å². The highest BCUT2D eigenvalue weighted by atomic mass is 19.4. The lowest BCUT2D eigenvalue weighted by molar-refractivity contribution is -0.149. The third kappa shape index (κ3) is 9.52. The lowest BCUT2D eigenvalue weighted by atomic mass is 10.2. The van der Waals surface area contributed by atoms with Gasteiger partial charge in [0.1, 0.15) is 0 Å². The van der Waals surface area contributed by atoms with E-state index in [-0.39, 0.29) is 12.6 Å². The standard InChI is InChI=1S/C9H16F3NO2/c1-6(2)15-8(14)5-13-7(3)4-9(10,11)12/h6-7,13H,4-5H2,1-3H3. The molecular formula is C9H16F3NO2. The predicted octanol–water partition coefficient (Wildman–Crippen LogP) is 1.87. The first-order chi connectivity index (χ1) is 6.70. The Morgan fingerprint density at radius 2 is 1.87 bits per heavy atom. The van der Waals surface area contributed by atoms with Crippen LogP contribution < -0.4 is 5.32 Å². The zero-order valence-electron chi connectivity index (χ0n) is 9.02. The molecule has 0 aromatic carbocycles. The fourth-order valence-corrected chi connectivity index (χ4v) is 0.981. The number of esters is 1. The number of rotatable bonds is 5. The summed E-state index contributed by atoms with van der Waals surface area (Å²) >= 11 is 0. The minimum absolute atomic E-state index is 0.199. The maximum absolute atomic E-state index is 11.9. The SMILES string of the molecule is CC(CC(F)(F)F)NCC(=O)OC(C)C. The van der Waals surface area contributed by atoms with Crippen LogP contribution in [0.2, 0.25) is 0 Å². The zero-order valence-corrected chi connectivity index (χ0v) is 9.02. The van der Waals surface area contributed by atoms with E-state index < -0.39 is 24.6 Å². The van der Waals surface area contributed by atoms with Crippen molar-refractivity contribution in [3.05, 3.63) is 0 Å². The Labute approximate surface area is 87.0 Å². The van der Waals surface area contributed by atoms with Crippen LogP contribution in [0.1, 0.15) is 27.2 Å². The predicted molar refractivity (Wildman–Crippen MR) is 49.4 cm³/mol. The van der Waals surface area contributed by atoms with Crippen LogP contribution in [0, 0.1) is 0 Å². The highest BCUT2D eigenvalue weighted by Crippen LogP contribution is 2.21. The van der Waals surface area contributed by atoms with Gasteiger partial charge in [-0.25, -0.2) is 0 Å². The molecule has 0 radical (unpaired) electrons. The number of halogens is 3. The molecule has 0 aromatic heterocycles. The first-order valence-corrected chi connectivity index (χ1v) is 4.70. The molecule has 1 N–H and O–H groups in total. The highest BCUT2D eigenvalue weighted by molar-refractivity contribution is 5.71. The lowest BCUT2D eigenvalue weighted by Gasteiger charge is -2.15. The summed E-state index contributed by atoms with van der Waals surface area (Å²) in [6, 6.07) is -0.787. The Hall–Kier alpha value is -0.780. The van der Waals surface area contributed by atoms with Gasteiger partial charge < -0.3 is 10.1 Å². The van der Waals surface area contributed by atoms with Crippen molar-refractivity contribution in [2.24, 2.45) is 0 Å². The van der Waals surface area contributed by atoms with E-state index in [1.165, 1.54) is 6.92 Å². The normalized spacial score (nSPS) is 14.1. The van der Waals surface area contributed by atoms with Crippen molar-refractivity contribution in [1.29, 1.82) is 0 Å². The third-order valence-corrected chi connectivity index (χ3v) is 1.50. The largest absolute Gasteiger partial charge is 0.462 e. The van der Waals surface area contributed by atoms with Crippen molar-refractivity contribution in [3.8, 4) is 0 Å². The van der Waals surface area contributed by atoms with E-state index in [9.17, 15) is 18.0 Å². The molecule has 15 heavy (non-hydrogen) atoms. The average molecular weight is 227 g/mol. The fourth-order valence-electron chi connectivity index (χ4n) is 0.981. The molecule has 1 unspecified atom stereocenters. The third-order valence-electron chi connectivity index (χ3n) is 1.50. The van der Waals surface area contributed by atoms with Gasteiger partial charge in [0.15, 0.2) is 0 Å². The van der Waals surface area contributed by atoms with Crippen molar-refractivity contribution in [1.82, 2.24) is 5.32 Å². The number of alkyl halides is 3. The van der Waals surface area contributed by atoms with E-state index in [0.717, 1.165) is 0 Å². The maximum atomic E-state index is 11.9. The molecule has 0 aliphatic carbocycles. The molecule has 0 saturated heterocycles. The van der Waals surface area contributed by atoms with Gasteiger partial charge in [-0.05, 0) is 20.8 Å². The fraction of sp³-hybridized carbons (Fsp3) is 0.889. The van der Waals surface area contributed by atoms with Crippen LogP contribution in [0.5, 0.6) is 0 Å². The molecule has 0 spiro atoms. The minimum Gasteiger partial charge on any atom is -0.462 e. The van der Waals surface area contributed by atoms with Crippen LogP contribution in [-0.4, -0.2) is 30.8 Å². The Balaban J connectivity index is 3.71. The Bertz CT molecular complexity index is 204. The number of nitrogens with one attached hydrogen (secondary N) is 1. The van der Waals surface area contributed by atoms with Gasteiger partial charge in [-0.1, -0.05) is 0 Å². The van der Waals surface area contributed by atoms with Crippen molar-refractivity contribution in [2.45, 2.75) is 45.5 Å². The summed E-state index contributed by atoms with van der Waals surface area (Å²) in [5.74, 6) is -0.543. The average Bonchev–Trinajstić information content (AvgIpc) is 1.96. The van der Waals surface area contributed by atoms with Crippen molar-refractivity contribution in [2.75, 3.05) is 6.54 Å². The van der Waals surface area contributed by atoms with E-state index >= 15 is 0 Å². The number of hydrogen-bond acceptors (Lipinski definition) is 3. The molecule has 3 nitrogen and oxygen atoms in total. The number of carbonyl (C=O) groups excluding carboxylic acids is 1. The van der Waals surface area contributed by atoms with Gasteiger partial charge in [-0.15, -0.1) is 0 Å². The molecule has 0 bridgehead atoms. The van der Waals surface area contributed by atoms with Crippen molar-refractivity contribution in [3.63, 3.8) is 0 Å². The van der Waals surface area contributed by atoms with Crippen LogP contribution in [0.3, 0.4) is 0 Å². The molecule has 0 saturated carbocycles. The van der Waals surface area contributed by atoms with Crippen LogP contribution in [-0.2, 0) is 9.53 Å². The smallest absolute Gasteiger partial charge is 0.390 e. The maximum Gasteiger partial charge on any atom is 0.390 e. The van der Waals surface area contributed by atoms with E-state index in [1.54, 1.807) is 13.8 Å². The van der Waals surface area contributed by atoms with E-state index in [0.29, 0.717) is 0 Å². The summed E-state index contributed by atoms with van der Waals surface area (Å²) in [7, 11) is 0. The van der Waals surface area contributed by atoms with Crippen LogP contribution in [0.25, 0.3) is 0 Å². The van der Waals surface area contributed by atoms with E-state index in [2.05, 4.69) is 5.32 Å². The summed E-state index contributed by atoms with van der Waals surface area (Å²) in [4.78, 5) is 11.0. The number of hydrogen-bond donors (Lipinski definition) is 1. The van der Waals surface area contributed by atoms with Gasteiger partial charge >= 0.3 is 12.1 Å². The molecule has 6 heteroatoms. The van der Waals surface area contributed by atoms with Crippen molar-refractivity contribution < 1.29 is 22.7 Å². The van der Waals surface area contributed by atoms with Gasteiger partial charge in [-0.2, -0.15) is 13.2 Å². The Morgan fingerprint density at radius 3 is 2.27 bits per heavy atom. The summed E-state index contributed by atoms with van der Waals surface area (Å²) in [5.41, 5.74) is 0. The van der Waals surface area contributed by atoms with E-state index in [1.807, 2.05) is 0 Å². The summed E-state index contributed by atoms with van der Waals surface area (Å²) in [6.45, 7) is 4.53. The molecule has 0 amide bonds. The second-order valence-corrected chi connectivity index (χ2v) is 3.64. The monoisotopic (exact) mass is 227 g/mol. The van der Waals surface area contributed by atoms with E-state index in [4.69, 9.17) is 4.74 Å². The lowest BCUT2D eigenvalue weighted by Crippen LogP contribution is -2.36. The van der Waals surface area contributed by atoms with Gasteiger partial charge in [0.2, 0.25) is 0 Å². The molecule has 0 aliphatic heterocycles. The Kier molecular flexibility index (Phi) is 5.64. The number of carbonyl (C=O) groups is 1. The van der Waals surface area contributed by atoms with Gasteiger partial charge in [0, 0.05) is 6.04 Å². The molecule has 1 atom stereocenters. The number of ether oxygens (including phenoxy) is 1. The quantitative estimate of drug-likeness (QED) is 0.729. The molecule has 0 rings (SSSR count). The second-order valence-electron chi connectivity index (χ2n) is 3.64. The van der Waals surface area contributed by atoms with Crippen LogP contribution in [0.4, 0.5) is 13.2 Å². The van der Waals surface area contributed by atoms with Gasteiger partial charge in [-0.3, -0.25) is 4.79 Å². The first kappa shape index (κ1) is 14.2.